The summed E-state index contributed by atoms with van der Waals surface area (Å²) >= 11 is 0. The highest BCUT2D eigenvalue weighted by Gasteiger charge is 2.36. The first-order valence-electron chi connectivity index (χ1n) is 9.13. The third-order valence-corrected chi connectivity index (χ3v) is 5.06. The van der Waals surface area contributed by atoms with Gasteiger partial charge in [-0.15, -0.1) is 6.58 Å². The van der Waals surface area contributed by atoms with Gasteiger partial charge in [-0.25, -0.2) is 0 Å². The minimum Gasteiger partial charge on any atom is -0.382 e. The normalized spacial score (nSPS) is 14.2. The summed E-state index contributed by atoms with van der Waals surface area (Å²) < 4.78 is 43.4. The van der Waals surface area contributed by atoms with Crippen molar-refractivity contribution < 1.29 is 18.0 Å². The average molecular weight is 384 g/mol. The molecule has 0 saturated heterocycles. The number of benzene rings is 2. The minimum absolute atomic E-state index is 0.00553. The first-order chi connectivity index (χ1) is 13.4. The molecular formula is C22H19F3N2O. The number of aromatic nitrogens is 1. The van der Waals surface area contributed by atoms with E-state index < -0.39 is 11.7 Å². The molecule has 0 spiro atoms. The summed E-state index contributed by atoms with van der Waals surface area (Å²) in [6, 6.07) is 11.4. The summed E-state index contributed by atoms with van der Waals surface area (Å²) in [5, 5.41) is 3.62. The van der Waals surface area contributed by atoms with Gasteiger partial charge in [-0.2, -0.15) is 13.2 Å². The monoisotopic (exact) mass is 384 g/mol. The summed E-state index contributed by atoms with van der Waals surface area (Å²) in [6.45, 7) is 3.94. The lowest BCUT2D eigenvalue weighted by molar-refractivity contribution is -0.137. The number of halogens is 3. The Bertz CT molecular complexity index is 1080. The van der Waals surface area contributed by atoms with Crippen LogP contribution in [0, 0.1) is 0 Å². The highest BCUT2D eigenvalue weighted by molar-refractivity contribution is 6.10. The van der Waals surface area contributed by atoms with Gasteiger partial charge in [0.2, 0.25) is 0 Å². The van der Waals surface area contributed by atoms with E-state index in [1.165, 1.54) is 6.07 Å². The van der Waals surface area contributed by atoms with Crippen LogP contribution in [0.25, 0.3) is 16.6 Å². The minimum atomic E-state index is -4.53. The summed E-state index contributed by atoms with van der Waals surface area (Å²) in [6.07, 6.45) is -1.30. The van der Waals surface area contributed by atoms with Crippen LogP contribution >= 0.6 is 0 Å². The number of alkyl halides is 3. The van der Waals surface area contributed by atoms with Crippen molar-refractivity contribution in [3.63, 3.8) is 0 Å². The molecule has 0 saturated carbocycles. The number of anilines is 1. The van der Waals surface area contributed by atoms with Gasteiger partial charge >= 0.3 is 6.18 Å². The predicted molar refractivity (Wildman–Crippen MR) is 104 cm³/mol. The van der Waals surface area contributed by atoms with Gasteiger partial charge < -0.3 is 9.88 Å². The van der Waals surface area contributed by atoms with Gasteiger partial charge in [0.1, 0.15) is 0 Å². The maximum atomic E-state index is 13.9. The number of para-hydroxylation sites is 1. The van der Waals surface area contributed by atoms with E-state index in [1.807, 2.05) is 6.07 Å². The zero-order chi connectivity index (χ0) is 19.9. The summed E-state index contributed by atoms with van der Waals surface area (Å²) in [4.78, 5) is 12.5. The molecule has 0 fully saturated rings. The Morgan fingerprint density at radius 2 is 1.93 bits per heavy atom. The van der Waals surface area contributed by atoms with Crippen LogP contribution in [-0.2, 0) is 12.6 Å². The van der Waals surface area contributed by atoms with Crippen molar-refractivity contribution in [2.24, 2.45) is 0 Å². The summed E-state index contributed by atoms with van der Waals surface area (Å²) in [5.74, 6) is -0.00553. The number of nitrogens with zero attached hydrogens (tertiary/aromatic N) is 1. The Balaban J connectivity index is 2.01. The van der Waals surface area contributed by atoms with Crippen LogP contribution in [0.5, 0.6) is 0 Å². The molecule has 1 N–H and O–H groups in total. The van der Waals surface area contributed by atoms with Crippen molar-refractivity contribution in [1.29, 1.82) is 0 Å². The molecule has 0 atom stereocenters. The standard InChI is InChI=1S/C22H19F3N2O/c1-2-12-26-14-10-11-18(16(13-14)22(23,24)25)27-17-7-4-3-6-15(17)21-19(27)8-5-9-20(21)28/h2-4,6-7,10-11,13,26H,1,5,8-9,12H2. The van der Waals surface area contributed by atoms with Gasteiger partial charge in [-0.05, 0) is 37.1 Å². The zero-order valence-corrected chi connectivity index (χ0v) is 15.1. The van der Waals surface area contributed by atoms with Crippen molar-refractivity contribution in [3.8, 4) is 5.69 Å². The number of hydrogen-bond donors (Lipinski definition) is 1. The van der Waals surface area contributed by atoms with Crippen LogP contribution in [0.15, 0.2) is 55.1 Å². The third kappa shape index (κ3) is 2.99. The molecule has 1 aliphatic carbocycles. The molecule has 0 radical (unpaired) electrons. The molecule has 1 aliphatic rings. The van der Waals surface area contributed by atoms with E-state index in [9.17, 15) is 18.0 Å². The van der Waals surface area contributed by atoms with E-state index >= 15 is 0 Å². The van der Waals surface area contributed by atoms with Crippen molar-refractivity contribution in [1.82, 2.24) is 4.57 Å². The van der Waals surface area contributed by atoms with Crippen molar-refractivity contribution in [2.75, 3.05) is 11.9 Å². The number of hydrogen-bond acceptors (Lipinski definition) is 2. The van der Waals surface area contributed by atoms with Crippen LogP contribution in [0.2, 0.25) is 0 Å². The first-order valence-corrected chi connectivity index (χ1v) is 9.13. The second kappa shape index (κ2) is 6.86. The summed E-state index contributed by atoms with van der Waals surface area (Å²) in [7, 11) is 0. The molecule has 6 heteroatoms. The third-order valence-electron chi connectivity index (χ3n) is 5.06. The Morgan fingerprint density at radius 3 is 2.68 bits per heavy atom. The van der Waals surface area contributed by atoms with Gasteiger partial charge in [0.25, 0.3) is 0 Å². The highest BCUT2D eigenvalue weighted by atomic mass is 19.4. The molecule has 3 aromatic rings. The maximum absolute atomic E-state index is 13.9. The quantitative estimate of drug-likeness (QED) is 0.580. The topological polar surface area (TPSA) is 34.0 Å². The van der Waals surface area contributed by atoms with E-state index in [0.717, 1.165) is 6.07 Å². The molecule has 1 heterocycles. The van der Waals surface area contributed by atoms with E-state index in [0.29, 0.717) is 53.7 Å². The number of Topliss-reactive ketones (excluding diaryl/α,β-unsaturated/α-hetero) is 1. The highest BCUT2D eigenvalue weighted by Crippen LogP contribution is 2.40. The molecule has 0 unspecified atom stereocenters. The Hall–Kier alpha value is -3.02. The van der Waals surface area contributed by atoms with Crippen LogP contribution < -0.4 is 5.32 Å². The molecule has 0 aliphatic heterocycles. The second-order valence-corrected chi connectivity index (χ2v) is 6.85. The van der Waals surface area contributed by atoms with Crippen molar-refractivity contribution >= 4 is 22.4 Å². The number of carbonyl (C=O) groups excluding carboxylic acids is 1. The lowest BCUT2D eigenvalue weighted by Gasteiger charge is -2.20. The fourth-order valence-corrected chi connectivity index (χ4v) is 3.92. The van der Waals surface area contributed by atoms with E-state index in [2.05, 4.69) is 11.9 Å². The number of carbonyl (C=O) groups is 1. The van der Waals surface area contributed by atoms with E-state index in [4.69, 9.17) is 0 Å². The number of rotatable bonds is 4. The largest absolute Gasteiger partial charge is 0.418 e. The predicted octanol–water partition coefficient (Wildman–Crippen LogP) is 5.77. The number of nitrogens with one attached hydrogen (secondary N) is 1. The van der Waals surface area contributed by atoms with Gasteiger partial charge in [0.15, 0.2) is 5.78 Å². The Morgan fingerprint density at radius 1 is 1.14 bits per heavy atom. The molecule has 0 bridgehead atoms. The SMILES string of the molecule is C=CCNc1ccc(-n2c3c(c4ccccc42)C(=O)CCC3)c(C(F)(F)F)c1. The van der Waals surface area contributed by atoms with E-state index in [-0.39, 0.29) is 11.5 Å². The van der Waals surface area contributed by atoms with Gasteiger partial charge in [0.05, 0.1) is 16.8 Å². The summed E-state index contributed by atoms with van der Waals surface area (Å²) in [5.41, 5.74) is 1.53. The number of fused-ring (bicyclic) bond motifs is 3. The van der Waals surface area contributed by atoms with Gasteiger partial charge in [-0.3, -0.25) is 4.79 Å². The molecule has 28 heavy (non-hydrogen) atoms. The fourth-order valence-electron chi connectivity index (χ4n) is 3.92. The van der Waals surface area contributed by atoms with Gasteiger partial charge in [-0.1, -0.05) is 24.3 Å². The fraction of sp³-hybridized carbons (Fsp3) is 0.227. The lowest BCUT2D eigenvalue weighted by atomic mass is 9.94. The van der Waals surface area contributed by atoms with Crippen LogP contribution in [0.3, 0.4) is 0 Å². The van der Waals surface area contributed by atoms with Crippen molar-refractivity contribution in [3.05, 3.63) is 71.9 Å². The lowest BCUT2D eigenvalue weighted by Crippen LogP contribution is -2.16. The molecule has 144 valence electrons. The van der Waals surface area contributed by atoms with Gasteiger partial charge in [0, 0.05) is 35.3 Å². The molecular weight excluding hydrogens is 365 g/mol. The Labute approximate surface area is 160 Å². The zero-order valence-electron chi connectivity index (χ0n) is 15.1. The smallest absolute Gasteiger partial charge is 0.382 e. The molecule has 1 aromatic heterocycles. The van der Waals surface area contributed by atoms with Crippen LogP contribution in [0.1, 0.15) is 34.5 Å². The van der Waals surface area contributed by atoms with Crippen molar-refractivity contribution in [2.45, 2.75) is 25.4 Å². The maximum Gasteiger partial charge on any atom is 0.418 e. The first kappa shape index (κ1) is 18.3. The Kier molecular flexibility index (Phi) is 4.49. The average Bonchev–Trinajstić information content (AvgIpc) is 3.01. The molecule has 0 amide bonds. The molecule has 2 aromatic carbocycles. The van der Waals surface area contributed by atoms with Crippen LogP contribution in [-0.4, -0.2) is 16.9 Å². The second-order valence-electron chi connectivity index (χ2n) is 6.85. The molecule has 3 nitrogen and oxygen atoms in total. The van der Waals surface area contributed by atoms with Crippen LogP contribution in [0.4, 0.5) is 18.9 Å². The molecule has 4 rings (SSSR count). The number of ketones is 1. The van der Waals surface area contributed by atoms with E-state index in [1.54, 1.807) is 34.9 Å².